The Morgan fingerprint density at radius 2 is 1.92 bits per heavy atom. The molecule has 1 amide bonds. The van der Waals surface area contributed by atoms with Crippen LogP contribution in [0.15, 0.2) is 46.4 Å². The molecule has 1 aliphatic heterocycles. The number of carbonyl (C=O) groups excluding carboxylic acids is 1. The van der Waals surface area contributed by atoms with Crippen LogP contribution in [0.5, 0.6) is 0 Å². The first kappa shape index (κ1) is 24.5. The molecule has 1 aromatic carbocycles. The van der Waals surface area contributed by atoms with Crippen molar-refractivity contribution in [1.82, 2.24) is 30.5 Å². The van der Waals surface area contributed by atoms with Crippen LogP contribution in [0, 0.1) is 0 Å². The van der Waals surface area contributed by atoms with Crippen molar-refractivity contribution in [3.63, 3.8) is 0 Å². The van der Waals surface area contributed by atoms with Crippen LogP contribution >= 0.6 is 0 Å². The zero-order chi connectivity index (χ0) is 26.2. The van der Waals surface area contributed by atoms with E-state index in [2.05, 4.69) is 30.9 Å². The third-order valence-corrected chi connectivity index (χ3v) is 6.38. The van der Waals surface area contributed by atoms with Gasteiger partial charge >= 0.3 is 6.18 Å². The van der Waals surface area contributed by atoms with Gasteiger partial charge in [-0.1, -0.05) is 6.07 Å². The van der Waals surface area contributed by atoms with Gasteiger partial charge in [-0.2, -0.15) is 13.2 Å². The molecule has 0 fully saturated rings. The minimum atomic E-state index is -4.37. The second-order valence-corrected chi connectivity index (χ2v) is 8.92. The van der Waals surface area contributed by atoms with Crippen molar-refractivity contribution in [2.24, 2.45) is 11.6 Å². The van der Waals surface area contributed by atoms with Crippen molar-refractivity contribution >= 4 is 11.9 Å². The lowest BCUT2D eigenvalue weighted by molar-refractivity contribution is -0.137. The number of benzene rings is 1. The van der Waals surface area contributed by atoms with Crippen molar-refractivity contribution in [1.29, 1.82) is 0 Å². The summed E-state index contributed by atoms with van der Waals surface area (Å²) in [5.74, 6) is 5.84. The van der Waals surface area contributed by atoms with Crippen LogP contribution in [0.4, 0.5) is 19.1 Å². The number of fused-ring (bicyclic) bond motifs is 1. The van der Waals surface area contributed by atoms with E-state index in [1.54, 1.807) is 4.90 Å². The molecule has 1 atom stereocenters. The smallest absolute Gasteiger partial charge is 0.416 e. The van der Waals surface area contributed by atoms with Crippen LogP contribution in [0.1, 0.15) is 29.0 Å². The molecule has 3 aromatic rings. The monoisotopic (exact) mass is 515 g/mol. The summed E-state index contributed by atoms with van der Waals surface area (Å²) in [4.78, 5) is 22.7. The predicted molar refractivity (Wildman–Crippen MR) is 125 cm³/mol. The van der Waals surface area contributed by atoms with Gasteiger partial charge in [0, 0.05) is 42.8 Å². The van der Waals surface area contributed by atoms with E-state index in [0.29, 0.717) is 48.6 Å². The third-order valence-electron chi connectivity index (χ3n) is 6.38. The van der Waals surface area contributed by atoms with Crippen molar-refractivity contribution in [2.45, 2.75) is 37.9 Å². The SMILES string of the molecule is NNC1=C(N)CN(C(=O)Cc2nnc(-c3cnc(NC4Cc5ccc(C(F)(F)F)cc5C4)nc3)o2)CC1. The van der Waals surface area contributed by atoms with Crippen molar-refractivity contribution in [3.8, 4) is 11.5 Å². The van der Waals surface area contributed by atoms with Crippen LogP contribution in [0.3, 0.4) is 0 Å². The molecule has 1 unspecified atom stereocenters. The average Bonchev–Trinajstić information content (AvgIpc) is 3.50. The fourth-order valence-corrected chi connectivity index (χ4v) is 4.44. The molecular formula is C23H24F3N9O2. The van der Waals surface area contributed by atoms with Crippen molar-refractivity contribution < 1.29 is 22.4 Å². The molecule has 6 N–H and O–H groups in total. The fourth-order valence-electron chi connectivity index (χ4n) is 4.44. The van der Waals surface area contributed by atoms with E-state index < -0.39 is 11.7 Å². The number of aromatic nitrogens is 4. The quantitative estimate of drug-likeness (QED) is 0.280. The van der Waals surface area contributed by atoms with Gasteiger partial charge in [0.05, 0.1) is 17.7 Å². The van der Waals surface area contributed by atoms with Gasteiger partial charge in [-0.25, -0.2) is 9.97 Å². The number of hydrogen-bond donors (Lipinski definition) is 4. The van der Waals surface area contributed by atoms with Gasteiger partial charge in [0.1, 0.15) is 6.42 Å². The molecule has 37 heavy (non-hydrogen) atoms. The van der Waals surface area contributed by atoms with Gasteiger partial charge in [-0.05, 0) is 36.1 Å². The first-order valence-corrected chi connectivity index (χ1v) is 11.5. The van der Waals surface area contributed by atoms with E-state index in [0.717, 1.165) is 17.3 Å². The van der Waals surface area contributed by atoms with Crippen molar-refractivity contribution in [2.75, 3.05) is 18.4 Å². The van der Waals surface area contributed by atoms with E-state index in [-0.39, 0.29) is 36.7 Å². The van der Waals surface area contributed by atoms with Gasteiger partial charge in [-0.3, -0.25) is 10.6 Å². The Bertz CT molecular complexity index is 1340. The van der Waals surface area contributed by atoms with Crippen LogP contribution in [0.2, 0.25) is 0 Å². The third kappa shape index (κ3) is 5.33. The predicted octanol–water partition coefficient (Wildman–Crippen LogP) is 1.53. The minimum Gasteiger partial charge on any atom is -0.420 e. The number of rotatable bonds is 6. The standard InChI is InChI=1S/C23H24F3N9O2/c24-23(25,26)15-2-1-12-6-16(7-13(12)5-15)31-22-29-9-14(10-30-22)21-34-33-19(37-21)8-20(36)35-4-3-18(32-28)17(27)11-35/h1-2,5,9-10,16,32H,3-4,6-8,11,27-28H2,(H,29,30,31). The average molecular weight is 516 g/mol. The maximum absolute atomic E-state index is 13.0. The van der Waals surface area contributed by atoms with Crippen molar-refractivity contribution in [3.05, 3.63) is 64.6 Å². The van der Waals surface area contributed by atoms with E-state index in [4.69, 9.17) is 16.0 Å². The summed E-state index contributed by atoms with van der Waals surface area (Å²) < 4.78 is 44.6. The highest BCUT2D eigenvalue weighted by Crippen LogP contribution is 2.33. The Balaban J connectivity index is 1.17. The molecule has 14 heteroatoms. The summed E-state index contributed by atoms with van der Waals surface area (Å²) in [5.41, 5.74) is 11.0. The maximum Gasteiger partial charge on any atom is 0.416 e. The molecule has 0 spiro atoms. The zero-order valence-electron chi connectivity index (χ0n) is 19.5. The summed E-state index contributed by atoms with van der Waals surface area (Å²) >= 11 is 0. The lowest BCUT2D eigenvalue weighted by atomic mass is 10.1. The van der Waals surface area contributed by atoms with E-state index in [1.165, 1.54) is 24.5 Å². The lowest BCUT2D eigenvalue weighted by Gasteiger charge is -2.28. The van der Waals surface area contributed by atoms with Gasteiger partial charge < -0.3 is 25.8 Å². The number of halogens is 3. The maximum atomic E-state index is 13.0. The highest BCUT2D eigenvalue weighted by atomic mass is 19.4. The summed E-state index contributed by atoms with van der Waals surface area (Å²) in [6, 6.07) is 3.70. The molecule has 0 saturated heterocycles. The van der Waals surface area contributed by atoms with E-state index >= 15 is 0 Å². The highest BCUT2D eigenvalue weighted by Gasteiger charge is 2.32. The lowest BCUT2D eigenvalue weighted by Crippen LogP contribution is -2.42. The number of nitrogens with two attached hydrogens (primary N) is 2. The number of hydrogen-bond acceptors (Lipinski definition) is 10. The Morgan fingerprint density at radius 3 is 2.62 bits per heavy atom. The summed E-state index contributed by atoms with van der Waals surface area (Å²) in [7, 11) is 0. The number of amides is 1. The normalized spacial score (nSPS) is 17.6. The van der Waals surface area contributed by atoms with Crippen LogP contribution in [-0.4, -0.2) is 50.1 Å². The van der Waals surface area contributed by atoms with Crippen LogP contribution < -0.4 is 22.3 Å². The molecular weight excluding hydrogens is 491 g/mol. The summed E-state index contributed by atoms with van der Waals surface area (Å²) in [5, 5.41) is 11.1. The molecule has 0 radical (unpaired) electrons. The van der Waals surface area contributed by atoms with Gasteiger partial charge in [0.25, 0.3) is 5.89 Å². The molecule has 0 saturated carbocycles. The zero-order valence-corrected chi connectivity index (χ0v) is 19.5. The van der Waals surface area contributed by atoms with Gasteiger partial charge in [0.15, 0.2) is 0 Å². The molecule has 11 nitrogen and oxygen atoms in total. The fraction of sp³-hybridized carbons (Fsp3) is 0.348. The van der Waals surface area contributed by atoms with E-state index in [1.807, 2.05) is 0 Å². The molecule has 194 valence electrons. The number of nitrogens with one attached hydrogen (secondary N) is 2. The molecule has 2 aromatic heterocycles. The topological polar surface area (TPSA) is 161 Å². The highest BCUT2D eigenvalue weighted by molar-refractivity contribution is 5.78. The first-order chi connectivity index (χ1) is 17.7. The number of hydrazine groups is 1. The number of alkyl halides is 3. The number of nitrogens with zero attached hydrogens (tertiary/aromatic N) is 5. The van der Waals surface area contributed by atoms with Gasteiger partial charge in [-0.15, -0.1) is 10.2 Å². The Hall–Kier alpha value is -4.20. The Kier molecular flexibility index (Phi) is 6.41. The Morgan fingerprint density at radius 1 is 1.16 bits per heavy atom. The van der Waals surface area contributed by atoms with Gasteiger partial charge in [0.2, 0.25) is 17.7 Å². The Labute approximate surface area is 209 Å². The molecule has 0 bridgehead atoms. The number of carbonyl (C=O) groups is 1. The summed E-state index contributed by atoms with van der Waals surface area (Å²) in [6.07, 6.45) is 0.0843. The molecule has 5 rings (SSSR count). The molecule has 3 heterocycles. The first-order valence-electron chi connectivity index (χ1n) is 11.5. The van der Waals surface area contributed by atoms with Crippen LogP contribution in [0.25, 0.3) is 11.5 Å². The van der Waals surface area contributed by atoms with E-state index in [9.17, 15) is 18.0 Å². The second-order valence-electron chi connectivity index (χ2n) is 8.92. The summed E-state index contributed by atoms with van der Waals surface area (Å²) in [6.45, 7) is 0.731. The molecule has 1 aliphatic carbocycles. The second kappa shape index (κ2) is 9.69. The van der Waals surface area contributed by atoms with Crippen LogP contribution in [-0.2, 0) is 30.2 Å². The minimum absolute atomic E-state index is 0.0789. The molecule has 2 aliphatic rings. The number of anilines is 1. The largest absolute Gasteiger partial charge is 0.420 e.